The quantitative estimate of drug-likeness (QED) is 0.836. The molecule has 0 radical (unpaired) electrons. The number of nitrogens with two attached hydrogens (primary N) is 1. The number of rotatable bonds is 4. The van der Waals surface area contributed by atoms with Gasteiger partial charge in [0.05, 0.1) is 12.7 Å². The zero-order chi connectivity index (χ0) is 19.3. The van der Waals surface area contributed by atoms with Gasteiger partial charge in [-0.1, -0.05) is 0 Å². The van der Waals surface area contributed by atoms with Gasteiger partial charge in [-0.3, -0.25) is 9.69 Å². The molecule has 1 aromatic heterocycles. The van der Waals surface area contributed by atoms with Crippen LogP contribution in [-0.4, -0.2) is 38.3 Å². The minimum absolute atomic E-state index is 0.172. The van der Waals surface area contributed by atoms with Crippen molar-refractivity contribution in [3.8, 4) is 17.2 Å². The lowest BCUT2D eigenvalue weighted by Crippen LogP contribution is -2.37. The van der Waals surface area contributed by atoms with E-state index in [4.69, 9.17) is 19.9 Å². The maximum atomic E-state index is 12.0. The molecule has 8 heteroatoms. The third-order valence-electron chi connectivity index (χ3n) is 5.30. The molecule has 3 heterocycles. The average Bonchev–Trinajstić information content (AvgIpc) is 3.20. The van der Waals surface area contributed by atoms with Crippen molar-refractivity contribution in [2.24, 2.45) is 5.73 Å². The number of carbonyl (C=O) groups is 1. The van der Waals surface area contributed by atoms with E-state index in [-0.39, 0.29) is 13.0 Å². The third kappa shape index (κ3) is 2.80. The number of thiophene rings is 1. The van der Waals surface area contributed by atoms with E-state index >= 15 is 0 Å². The van der Waals surface area contributed by atoms with Gasteiger partial charge in [0.2, 0.25) is 12.5 Å². The maximum Gasteiger partial charge on any atom is 0.251 e. The number of amides is 1. The minimum Gasteiger partial charge on any atom is -0.492 e. The van der Waals surface area contributed by atoms with Gasteiger partial charge in [-0.25, -0.2) is 0 Å². The van der Waals surface area contributed by atoms with E-state index in [0.717, 1.165) is 45.3 Å². The Morgan fingerprint density at radius 3 is 2.89 bits per heavy atom. The first-order valence-corrected chi connectivity index (χ1v) is 9.60. The fourth-order valence-corrected chi connectivity index (χ4v) is 4.85. The summed E-state index contributed by atoms with van der Waals surface area (Å²) >= 11 is 1.54. The van der Waals surface area contributed by atoms with Crippen molar-refractivity contribution >= 4 is 22.2 Å². The predicted octanol–water partition coefficient (Wildman–Crippen LogP) is 2.80. The van der Waals surface area contributed by atoms with Crippen LogP contribution in [0.25, 0.3) is 0 Å². The summed E-state index contributed by atoms with van der Waals surface area (Å²) in [4.78, 5) is 15.3. The van der Waals surface area contributed by atoms with Crippen molar-refractivity contribution in [3.05, 3.63) is 33.2 Å². The fourth-order valence-electron chi connectivity index (χ4n) is 3.76. The topological polar surface area (TPSA) is 86.0 Å². The monoisotopic (exact) mass is 389 g/mol. The molecule has 144 valence electrons. The Morgan fingerprint density at radius 2 is 2.19 bits per heavy atom. The van der Waals surface area contributed by atoms with Crippen LogP contribution in [0.5, 0.6) is 17.2 Å². The number of primary amides is 1. The first-order chi connectivity index (χ1) is 12.9. The largest absolute Gasteiger partial charge is 0.492 e. The summed E-state index contributed by atoms with van der Waals surface area (Å²) in [6.45, 7) is 4.98. The van der Waals surface area contributed by atoms with E-state index in [1.165, 1.54) is 0 Å². The second-order valence-electron chi connectivity index (χ2n) is 6.85. The summed E-state index contributed by atoms with van der Waals surface area (Å²) in [5, 5.41) is 4.31. The zero-order valence-electron chi connectivity index (χ0n) is 15.8. The molecular formula is C19H23N3O4S. The van der Waals surface area contributed by atoms with Crippen molar-refractivity contribution in [1.82, 2.24) is 4.90 Å². The van der Waals surface area contributed by atoms with Crippen molar-refractivity contribution in [2.45, 2.75) is 26.4 Å². The summed E-state index contributed by atoms with van der Waals surface area (Å²) in [5.74, 6) is 1.60. The number of aryl methyl sites for hydroxylation is 1. The number of carbonyl (C=O) groups excluding carboxylic acids is 1. The lowest BCUT2D eigenvalue weighted by molar-refractivity contribution is 0.100. The number of methoxy groups -OCH3 is 1. The molecule has 1 amide bonds. The molecule has 0 bridgehead atoms. The standard InChI is InChI=1S/C19H23N3O4S/c1-9-10(2)27-19(13(9)17(20)23)21-18-14-11(5-6-22(18)3)7-12-15(16(14)24-4)26-8-25-12/h7,18,21H,5-6,8H2,1-4H3,(H2,20,23). The molecule has 3 N–H and O–H groups in total. The molecule has 1 aromatic carbocycles. The van der Waals surface area contributed by atoms with Crippen molar-refractivity contribution < 1.29 is 19.0 Å². The summed E-state index contributed by atoms with van der Waals surface area (Å²) < 4.78 is 16.9. The second kappa shape index (κ2) is 6.61. The Morgan fingerprint density at radius 1 is 1.41 bits per heavy atom. The Labute approximate surface area is 162 Å². The van der Waals surface area contributed by atoms with Crippen LogP contribution in [0.3, 0.4) is 0 Å². The highest BCUT2D eigenvalue weighted by molar-refractivity contribution is 7.16. The van der Waals surface area contributed by atoms with Gasteiger partial charge in [0.25, 0.3) is 5.91 Å². The highest BCUT2D eigenvalue weighted by Gasteiger charge is 2.35. The van der Waals surface area contributed by atoms with Crippen molar-refractivity contribution in [3.63, 3.8) is 0 Å². The summed E-state index contributed by atoms with van der Waals surface area (Å²) in [5.41, 5.74) is 9.28. The lowest BCUT2D eigenvalue weighted by Gasteiger charge is -2.36. The van der Waals surface area contributed by atoms with E-state index in [1.54, 1.807) is 18.4 Å². The molecule has 2 aliphatic rings. The molecule has 27 heavy (non-hydrogen) atoms. The number of hydrogen-bond acceptors (Lipinski definition) is 7. The number of anilines is 1. The maximum absolute atomic E-state index is 12.0. The van der Waals surface area contributed by atoms with Crippen molar-refractivity contribution in [1.29, 1.82) is 0 Å². The van der Waals surface area contributed by atoms with Crippen LogP contribution in [0, 0.1) is 13.8 Å². The Hall–Kier alpha value is -2.45. The first-order valence-electron chi connectivity index (χ1n) is 8.78. The Bertz CT molecular complexity index is 924. The van der Waals surface area contributed by atoms with Gasteiger partial charge >= 0.3 is 0 Å². The first kappa shape index (κ1) is 17.9. The van der Waals surface area contributed by atoms with Crippen LogP contribution >= 0.6 is 11.3 Å². The van der Waals surface area contributed by atoms with Gasteiger partial charge in [-0.2, -0.15) is 0 Å². The van der Waals surface area contributed by atoms with Crippen molar-refractivity contribution in [2.75, 3.05) is 32.8 Å². The molecule has 7 nitrogen and oxygen atoms in total. The number of fused-ring (bicyclic) bond motifs is 2. The molecule has 0 saturated heterocycles. The van der Waals surface area contributed by atoms with E-state index in [2.05, 4.69) is 10.2 Å². The Balaban J connectivity index is 1.82. The van der Waals surface area contributed by atoms with Gasteiger partial charge in [0.1, 0.15) is 11.2 Å². The molecule has 0 spiro atoms. The van der Waals surface area contributed by atoms with Gasteiger partial charge in [-0.05, 0) is 44.5 Å². The molecular weight excluding hydrogens is 366 g/mol. The molecule has 0 aliphatic carbocycles. The van der Waals surface area contributed by atoms with Gasteiger partial charge in [-0.15, -0.1) is 11.3 Å². The van der Waals surface area contributed by atoms with E-state index < -0.39 is 5.91 Å². The van der Waals surface area contributed by atoms with Crippen LogP contribution in [0.1, 0.15) is 38.1 Å². The smallest absolute Gasteiger partial charge is 0.251 e. The molecule has 1 atom stereocenters. The minimum atomic E-state index is -0.421. The fraction of sp³-hybridized carbons (Fsp3) is 0.421. The van der Waals surface area contributed by atoms with Gasteiger partial charge in [0.15, 0.2) is 11.5 Å². The lowest BCUT2D eigenvalue weighted by atomic mass is 9.95. The summed E-state index contributed by atoms with van der Waals surface area (Å²) in [7, 11) is 3.68. The highest BCUT2D eigenvalue weighted by atomic mass is 32.1. The van der Waals surface area contributed by atoms with Gasteiger partial charge in [0, 0.05) is 17.0 Å². The third-order valence-corrected chi connectivity index (χ3v) is 6.43. The highest BCUT2D eigenvalue weighted by Crippen LogP contribution is 2.50. The number of likely N-dealkylation sites (N-methyl/N-ethyl adjacent to an activating group) is 1. The molecule has 2 aliphatic heterocycles. The SMILES string of the molecule is COc1c2c(cc3c1C(Nc1sc(C)c(C)c1C(N)=O)N(C)CC3)OCO2. The number of benzene rings is 1. The van der Waals surface area contributed by atoms with Gasteiger partial charge < -0.3 is 25.3 Å². The molecule has 2 aromatic rings. The average molecular weight is 389 g/mol. The number of nitrogens with zero attached hydrogens (tertiary/aromatic N) is 1. The number of nitrogens with one attached hydrogen (secondary N) is 1. The van der Waals surface area contributed by atoms with E-state index in [0.29, 0.717) is 17.1 Å². The summed E-state index contributed by atoms with van der Waals surface area (Å²) in [6, 6.07) is 2.03. The molecule has 0 saturated carbocycles. The van der Waals surface area contributed by atoms with Crippen LogP contribution in [0.4, 0.5) is 5.00 Å². The van der Waals surface area contributed by atoms with E-state index in [9.17, 15) is 4.79 Å². The number of ether oxygens (including phenoxy) is 3. The molecule has 4 rings (SSSR count). The second-order valence-corrected chi connectivity index (χ2v) is 8.07. The van der Waals surface area contributed by atoms with Crippen LogP contribution in [0.15, 0.2) is 6.07 Å². The van der Waals surface area contributed by atoms with Crippen LogP contribution < -0.4 is 25.3 Å². The van der Waals surface area contributed by atoms with E-state index in [1.807, 2.05) is 27.0 Å². The Kier molecular flexibility index (Phi) is 4.39. The predicted molar refractivity (Wildman–Crippen MR) is 104 cm³/mol. The molecule has 0 fully saturated rings. The summed E-state index contributed by atoms with van der Waals surface area (Å²) in [6.07, 6.45) is 0.705. The van der Waals surface area contributed by atoms with Crippen LogP contribution in [0.2, 0.25) is 0 Å². The zero-order valence-corrected chi connectivity index (χ0v) is 16.7. The molecule has 1 unspecified atom stereocenters. The number of hydrogen-bond donors (Lipinski definition) is 2. The normalized spacial score (nSPS) is 18.3. The van der Waals surface area contributed by atoms with Crippen LogP contribution in [-0.2, 0) is 6.42 Å².